The maximum Gasteiger partial charge on any atom is 0.331 e. The molecular formula is C29H46O8. The molecule has 3 rings (SSSR count). The van der Waals surface area contributed by atoms with Crippen molar-refractivity contribution in [3.63, 3.8) is 0 Å². The molecule has 210 valence electrons. The standard InChI is InChI=1S/C29H46O8/c1-3-5-7-9-11-13-20-17-22(30)21(16-19(20)12-10-8-6-4-2)27-26(34)29-28(37-29)23(36-27)18-35-25(33)15-14-24(31)32/h14-15,19-21,23,26-29,34H,3-13,16-18H2,1-2H3,(H,31,32)/b15-14-. The summed E-state index contributed by atoms with van der Waals surface area (Å²) in [4.78, 5) is 35.8. The van der Waals surface area contributed by atoms with E-state index in [9.17, 15) is 19.5 Å². The topological polar surface area (TPSA) is 123 Å². The Balaban J connectivity index is 1.60. The van der Waals surface area contributed by atoms with Crippen molar-refractivity contribution in [2.24, 2.45) is 17.8 Å². The third kappa shape index (κ3) is 8.89. The number of aliphatic carboxylic acids is 1. The van der Waals surface area contributed by atoms with Crippen LogP contribution in [-0.4, -0.2) is 65.1 Å². The lowest BCUT2D eigenvalue weighted by Gasteiger charge is -2.42. The molecule has 3 aliphatic rings. The third-order valence-corrected chi connectivity index (χ3v) is 8.29. The van der Waals surface area contributed by atoms with E-state index >= 15 is 0 Å². The highest BCUT2D eigenvalue weighted by Crippen LogP contribution is 2.45. The van der Waals surface area contributed by atoms with Crippen LogP contribution in [0.15, 0.2) is 12.2 Å². The van der Waals surface area contributed by atoms with Gasteiger partial charge in [-0.05, 0) is 24.7 Å². The van der Waals surface area contributed by atoms with E-state index in [0.29, 0.717) is 24.3 Å². The molecule has 2 heterocycles. The lowest BCUT2D eigenvalue weighted by atomic mass is 9.67. The minimum Gasteiger partial charge on any atom is -0.478 e. The molecule has 0 radical (unpaired) electrons. The van der Waals surface area contributed by atoms with Crippen molar-refractivity contribution in [1.29, 1.82) is 0 Å². The van der Waals surface area contributed by atoms with Gasteiger partial charge >= 0.3 is 11.9 Å². The summed E-state index contributed by atoms with van der Waals surface area (Å²) < 4.78 is 17.0. The van der Waals surface area contributed by atoms with Gasteiger partial charge in [-0.3, -0.25) is 4.79 Å². The number of fused-ring (bicyclic) bond motifs is 1. The largest absolute Gasteiger partial charge is 0.478 e. The van der Waals surface area contributed by atoms with E-state index in [1.165, 1.54) is 44.9 Å². The Bertz CT molecular complexity index is 780. The summed E-state index contributed by atoms with van der Waals surface area (Å²) >= 11 is 0. The Morgan fingerprint density at radius 2 is 1.54 bits per heavy atom. The van der Waals surface area contributed by atoms with Crippen LogP contribution in [0.5, 0.6) is 0 Å². The van der Waals surface area contributed by atoms with E-state index in [1.807, 2.05) is 0 Å². The molecule has 8 nitrogen and oxygen atoms in total. The smallest absolute Gasteiger partial charge is 0.331 e. The molecule has 0 aromatic heterocycles. The molecule has 8 unspecified atom stereocenters. The van der Waals surface area contributed by atoms with Crippen LogP contribution in [0.2, 0.25) is 0 Å². The number of Topliss-reactive ketones (excluding diaryl/α,β-unsaturated/α-hetero) is 1. The number of ether oxygens (including phenoxy) is 3. The first-order valence-corrected chi connectivity index (χ1v) is 14.4. The number of rotatable bonds is 16. The van der Waals surface area contributed by atoms with E-state index in [4.69, 9.17) is 19.3 Å². The molecule has 0 bridgehead atoms. The van der Waals surface area contributed by atoms with Crippen molar-refractivity contribution in [3.8, 4) is 0 Å². The van der Waals surface area contributed by atoms with E-state index < -0.39 is 42.3 Å². The molecule has 8 atom stereocenters. The maximum absolute atomic E-state index is 13.4. The molecule has 1 aliphatic carbocycles. The Kier molecular flexibility index (Phi) is 12.1. The molecule has 0 amide bonds. The van der Waals surface area contributed by atoms with Gasteiger partial charge in [-0.25, -0.2) is 9.59 Å². The molecular weight excluding hydrogens is 476 g/mol. The van der Waals surface area contributed by atoms with Crippen LogP contribution in [0.1, 0.15) is 97.3 Å². The SMILES string of the molecule is CCCCCCCC1CC(=O)C(C2OC(COC(=O)/C=C\C(=O)O)C3OC3C2O)CC1CCCCCC. The molecule has 1 saturated carbocycles. The molecule has 37 heavy (non-hydrogen) atoms. The Labute approximate surface area is 221 Å². The number of carboxylic acids is 1. The fourth-order valence-corrected chi connectivity index (χ4v) is 6.15. The van der Waals surface area contributed by atoms with Crippen molar-refractivity contribution >= 4 is 17.7 Å². The number of hydrogen-bond donors (Lipinski definition) is 2. The van der Waals surface area contributed by atoms with E-state index in [1.54, 1.807) is 0 Å². The summed E-state index contributed by atoms with van der Waals surface area (Å²) in [5, 5.41) is 19.6. The number of unbranched alkanes of at least 4 members (excludes halogenated alkanes) is 7. The lowest BCUT2D eigenvalue weighted by Crippen LogP contribution is -2.53. The van der Waals surface area contributed by atoms with Gasteiger partial charge in [-0.15, -0.1) is 0 Å². The van der Waals surface area contributed by atoms with Gasteiger partial charge in [0, 0.05) is 24.5 Å². The monoisotopic (exact) mass is 522 g/mol. The summed E-state index contributed by atoms with van der Waals surface area (Å²) in [6, 6.07) is 0. The summed E-state index contributed by atoms with van der Waals surface area (Å²) in [5.41, 5.74) is 0. The minimum atomic E-state index is -1.24. The number of carboxylic acid groups (broad SMARTS) is 1. The van der Waals surface area contributed by atoms with Crippen molar-refractivity contribution in [3.05, 3.63) is 12.2 Å². The molecule has 0 aromatic rings. The predicted octanol–water partition coefficient (Wildman–Crippen LogP) is 4.61. The van der Waals surface area contributed by atoms with Gasteiger partial charge in [0.15, 0.2) is 0 Å². The number of aliphatic hydroxyl groups is 1. The number of epoxide rings is 1. The molecule has 0 spiro atoms. The number of aliphatic hydroxyl groups excluding tert-OH is 1. The first kappa shape index (κ1) is 29.8. The van der Waals surface area contributed by atoms with Crippen LogP contribution in [0.4, 0.5) is 0 Å². The zero-order chi connectivity index (χ0) is 26.8. The highest BCUT2D eigenvalue weighted by Gasteiger charge is 2.60. The lowest BCUT2D eigenvalue weighted by molar-refractivity contribution is -0.168. The molecule has 8 heteroatoms. The van der Waals surface area contributed by atoms with Crippen LogP contribution >= 0.6 is 0 Å². The van der Waals surface area contributed by atoms with Gasteiger partial charge in [0.2, 0.25) is 0 Å². The fraction of sp³-hybridized carbons (Fsp3) is 0.828. The Hall–Kier alpha value is -1.77. The number of carbonyl (C=O) groups is 3. The van der Waals surface area contributed by atoms with Crippen molar-refractivity contribution in [1.82, 2.24) is 0 Å². The van der Waals surface area contributed by atoms with Gasteiger partial charge < -0.3 is 24.4 Å². The van der Waals surface area contributed by atoms with Crippen LogP contribution in [0.3, 0.4) is 0 Å². The second-order valence-corrected chi connectivity index (χ2v) is 11.1. The van der Waals surface area contributed by atoms with Gasteiger partial charge in [0.1, 0.15) is 36.8 Å². The molecule has 3 fully saturated rings. The summed E-state index contributed by atoms with van der Waals surface area (Å²) in [6.45, 7) is 4.31. The summed E-state index contributed by atoms with van der Waals surface area (Å²) in [6.07, 6.45) is 12.9. The average molecular weight is 523 g/mol. The second-order valence-electron chi connectivity index (χ2n) is 11.1. The first-order chi connectivity index (χ1) is 17.8. The molecule has 2 N–H and O–H groups in total. The third-order valence-electron chi connectivity index (χ3n) is 8.29. The quantitative estimate of drug-likeness (QED) is 0.130. The van der Waals surface area contributed by atoms with Crippen molar-refractivity contribution in [2.75, 3.05) is 6.61 Å². The van der Waals surface area contributed by atoms with Gasteiger partial charge in [-0.2, -0.15) is 0 Å². The van der Waals surface area contributed by atoms with Crippen LogP contribution in [0.25, 0.3) is 0 Å². The second kappa shape index (κ2) is 15.0. The van der Waals surface area contributed by atoms with Crippen LogP contribution in [-0.2, 0) is 28.6 Å². The zero-order valence-corrected chi connectivity index (χ0v) is 22.5. The van der Waals surface area contributed by atoms with E-state index in [0.717, 1.165) is 38.2 Å². The normalized spacial score (nSPS) is 33.3. The molecule has 0 aromatic carbocycles. The summed E-state index contributed by atoms with van der Waals surface area (Å²) in [7, 11) is 0. The Morgan fingerprint density at radius 1 is 0.892 bits per heavy atom. The molecule has 2 aliphatic heterocycles. The average Bonchev–Trinajstić information content (AvgIpc) is 3.68. The zero-order valence-electron chi connectivity index (χ0n) is 22.5. The van der Waals surface area contributed by atoms with Gasteiger partial charge in [-0.1, -0.05) is 78.1 Å². The highest BCUT2D eigenvalue weighted by molar-refractivity contribution is 5.90. The Morgan fingerprint density at radius 3 is 2.22 bits per heavy atom. The number of ketones is 1. The first-order valence-electron chi connectivity index (χ1n) is 14.4. The number of carbonyl (C=O) groups excluding carboxylic acids is 2. The van der Waals surface area contributed by atoms with E-state index in [2.05, 4.69) is 13.8 Å². The fourth-order valence-electron chi connectivity index (χ4n) is 6.15. The minimum absolute atomic E-state index is 0.116. The van der Waals surface area contributed by atoms with E-state index in [-0.39, 0.29) is 18.5 Å². The van der Waals surface area contributed by atoms with Crippen molar-refractivity contribution < 1.29 is 38.8 Å². The number of esters is 1. The van der Waals surface area contributed by atoms with Crippen LogP contribution < -0.4 is 0 Å². The summed E-state index contributed by atoms with van der Waals surface area (Å²) in [5.74, 6) is -1.41. The van der Waals surface area contributed by atoms with Crippen molar-refractivity contribution in [2.45, 2.75) is 128 Å². The highest BCUT2D eigenvalue weighted by atomic mass is 16.7. The van der Waals surface area contributed by atoms with Gasteiger partial charge in [0.05, 0.1) is 6.10 Å². The van der Waals surface area contributed by atoms with Gasteiger partial charge in [0.25, 0.3) is 0 Å². The number of hydrogen-bond acceptors (Lipinski definition) is 7. The predicted molar refractivity (Wildman–Crippen MR) is 138 cm³/mol. The maximum atomic E-state index is 13.4. The molecule has 2 saturated heterocycles. The van der Waals surface area contributed by atoms with Crippen LogP contribution in [0, 0.1) is 17.8 Å².